The van der Waals surface area contributed by atoms with Crippen LogP contribution in [0.5, 0.6) is 0 Å². The van der Waals surface area contributed by atoms with Crippen molar-refractivity contribution in [3.63, 3.8) is 0 Å². The van der Waals surface area contributed by atoms with Gasteiger partial charge in [-0.25, -0.2) is 4.98 Å². The molecule has 0 amide bonds. The summed E-state index contributed by atoms with van der Waals surface area (Å²) < 4.78 is 4.78. The van der Waals surface area contributed by atoms with Crippen molar-refractivity contribution >= 4 is 61.1 Å². The van der Waals surface area contributed by atoms with Crippen molar-refractivity contribution in [3.05, 3.63) is 151 Å². The zero-order chi connectivity index (χ0) is 30.9. The van der Waals surface area contributed by atoms with E-state index in [-0.39, 0.29) is 0 Å². The summed E-state index contributed by atoms with van der Waals surface area (Å²) in [5.74, 6) is 0.989. The molecular formula is C43H32N4. The van der Waals surface area contributed by atoms with Gasteiger partial charge in [-0.1, -0.05) is 66.8 Å². The third-order valence-electron chi connectivity index (χ3n) is 9.99. The van der Waals surface area contributed by atoms with Gasteiger partial charge in [0.25, 0.3) is 0 Å². The number of allylic oxidation sites excluding steroid dienone is 8. The van der Waals surface area contributed by atoms with E-state index >= 15 is 0 Å². The van der Waals surface area contributed by atoms with Crippen LogP contribution in [0.3, 0.4) is 0 Å². The van der Waals surface area contributed by atoms with Gasteiger partial charge in [0, 0.05) is 45.0 Å². The van der Waals surface area contributed by atoms with Gasteiger partial charge >= 0.3 is 0 Å². The molecule has 0 saturated heterocycles. The molecule has 3 aliphatic rings. The van der Waals surface area contributed by atoms with Crippen molar-refractivity contribution in [2.45, 2.75) is 25.7 Å². The standard InChI is InChI=1S/C43H32N4/c1-3-13-31(14-4-1)45-27-26-35-41-30(12-11-21-39(41)45)28-40-42(35)34-17-7-9-19-37(34)46(40)33-24-22-29(23-25-33)43-44-36-18-8-10-20-38(36)47(43)32-15-5-2-6-16-32/h1-3,5,7-13,15,17-28H,4,6,14,16H2. The quantitative estimate of drug-likeness (QED) is 0.200. The van der Waals surface area contributed by atoms with Crippen molar-refractivity contribution in [2.75, 3.05) is 4.90 Å². The van der Waals surface area contributed by atoms with E-state index in [0.29, 0.717) is 0 Å². The van der Waals surface area contributed by atoms with Crippen molar-refractivity contribution in [2.24, 2.45) is 0 Å². The molecule has 0 unspecified atom stereocenters. The van der Waals surface area contributed by atoms with Crippen LogP contribution in [0.2, 0.25) is 0 Å². The highest BCUT2D eigenvalue weighted by molar-refractivity contribution is 6.21. The van der Waals surface area contributed by atoms with Crippen LogP contribution >= 0.6 is 0 Å². The van der Waals surface area contributed by atoms with Crippen LogP contribution in [-0.4, -0.2) is 14.1 Å². The molecule has 47 heavy (non-hydrogen) atoms. The molecule has 3 heterocycles. The molecule has 1 aliphatic heterocycles. The summed E-state index contributed by atoms with van der Waals surface area (Å²) in [5.41, 5.74) is 12.1. The van der Waals surface area contributed by atoms with Crippen LogP contribution < -0.4 is 4.90 Å². The molecule has 7 aromatic rings. The fraction of sp³-hybridized carbons (Fsp3) is 0.0930. The summed E-state index contributed by atoms with van der Waals surface area (Å²) in [6, 6.07) is 35.4. The molecule has 0 N–H and O–H groups in total. The molecule has 10 rings (SSSR count). The minimum absolute atomic E-state index is 0.989. The van der Waals surface area contributed by atoms with Gasteiger partial charge < -0.3 is 9.47 Å². The maximum Gasteiger partial charge on any atom is 0.145 e. The van der Waals surface area contributed by atoms with Gasteiger partial charge in [-0.05, 0) is 109 Å². The van der Waals surface area contributed by atoms with Crippen LogP contribution in [0.25, 0.3) is 72.5 Å². The predicted octanol–water partition coefficient (Wildman–Crippen LogP) is 11.2. The first kappa shape index (κ1) is 26.4. The Morgan fingerprint density at radius 2 is 1.38 bits per heavy atom. The molecule has 4 nitrogen and oxygen atoms in total. The zero-order valence-corrected chi connectivity index (χ0v) is 26.0. The van der Waals surface area contributed by atoms with E-state index in [4.69, 9.17) is 4.98 Å². The average Bonchev–Trinajstić information content (AvgIpc) is 3.69. The normalized spacial score (nSPS) is 15.7. The summed E-state index contributed by atoms with van der Waals surface area (Å²) in [5, 5.41) is 5.16. The summed E-state index contributed by atoms with van der Waals surface area (Å²) in [6.45, 7) is 0. The number of aromatic nitrogens is 3. The lowest BCUT2D eigenvalue weighted by Crippen LogP contribution is -2.18. The maximum atomic E-state index is 5.13. The molecular weight excluding hydrogens is 573 g/mol. The monoisotopic (exact) mass is 604 g/mol. The second-order valence-electron chi connectivity index (χ2n) is 12.7. The highest BCUT2D eigenvalue weighted by Gasteiger charge is 2.24. The highest BCUT2D eigenvalue weighted by atomic mass is 15.1. The average molecular weight is 605 g/mol. The molecule has 0 radical (unpaired) electrons. The Morgan fingerprint density at radius 1 is 0.617 bits per heavy atom. The zero-order valence-electron chi connectivity index (χ0n) is 26.0. The Balaban J connectivity index is 1.16. The number of hydrogen-bond donors (Lipinski definition) is 0. The minimum atomic E-state index is 0.989. The molecule has 2 aliphatic carbocycles. The van der Waals surface area contributed by atoms with Crippen LogP contribution in [0.15, 0.2) is 145 Å². The SMILES string of the molecule is C1=CCCC(N2C=Cc3c4c2cccc4cc2c3c3ccccc3n2-c2ccc(-c3nc4ccccc4n3C3=CC=CCC3)cc2)=C1. The molecule has 0 fully saturated rings. The molecule has 0 spiro atoms. The van der Waals surface area contributed by atoms with Crippen molar-refractivity contribution in [1.82, 2.24) is 14.1 Å². The van der Waals surface area contributed by atoms with E-state index in [9.17, 15) is 0 Å². The molecule has 5 aromatic carbocycles. The second-order valence-corrected chi connectivity index (χ2v) is 12.7. The number of fused-ring (bicyclic) bond motifs is 5. The largest absolute Gasteiger partial charge is 0.320 e. The van der Waals surface area contributed by atoms with Crippen LogP contribution in [0.4, 0.5) is 5.69 Å². The summed E-state index contributed by atoms with van der Waals surface area (Å²) >= 11 is 0. The lowest BCUT2D eigenvalue weighted by molar-refractivity contribution is 0.916. The number of benzene rings is 5. The smallest absolute Gasteiger partial charge is 0.145 e. The number of anilines is 1. The summed E-state index contributed by atoms with van der Waals surface area (Å²) in [6.07, 6.45) is 22.1. The Bertz CT molecular complexity index is 2560. The van der Waals surface area contributed by atoms with Crippen molar-refractivity contribution in [1.29, 1.82) is 0 Å². The first-order valence-electron chi connectivity index (χ1n) is 16.6. The Hall–Kier alpha value is -5.87. The fourth-order valence-corrected chi connectivity index (χ4v) is 7.89. The molecule has 224 valence electrons. The third kappa shape index (κ3) is 3.98. The number of para-hydroxylation sites is 3. The predicted molar refractivity (Wildman–Crippen MR) is 198 cm³/mol. The Morgan fingerprint density at radius 3 is 2.19 bits per heavy atom. The topological polar surface area (TPSA) is 26.0 Å². The number of rotatable bonds is 4. The number of hydrogen-bond acceptors (Lipinski definition) is 2. The minimum Gasteiger partial charge on any atom is -0.320 e. The van der Waals surface area contributed by atoms with E-state index in [1.54, 1.807) is 0 Å². The number of nitrogens with zero attached hydrogens (tertiary/aromatic N) is 4. The van der Waals surface area contributed by atoms with Gasteiger partial charge in [0.05, 0.1) is 27.8 Å². The van der Waals surface area contributed by atoms with Gasteiger partial charge in [-0.15, -0.1) is 0 Å². The van der Waals surface area contributed by atoms with Crippen molar-refractivity contribution in [3.8, 4) is 17.1 Å². The molecule has 2 aromatic heterocycles. The molecule has 0 atom stereocenters. The second kappa shape index (κ2) is 10.3. The van der Waals surface area contributed by atoms with Gasteiger partial charge in [0.15, 0.2) is 0 Å². The Kier molecular flexibility index (Phi) is 5.79. The van der Waals surface area contributed by atoms with Gasteiger partial charge in [0.1, 0.15) is 5.82 Å². The van der Waals surface area contributed by atoms with Gasteiger partial charge in [0.2, 0.25) is 0 Å². The van der Waals surface area contributed by atoms with Gasteiger partial charge in [-0.3, -0.25) is 4.57 Å². The van der Waals surface area contributed by atoms with Crippen LogP contribution in [0, 0.1) is 0 Å². The molecule has 0 bridgehead atoms. The maximum absolute atomic E-state index is 5.13. The van der Waals surface area contributed by atoms with E-state index in [1.807, 2.05) is 0 Å². The lowest BCUT2D eigenvalue weighted by atomic mass is 9.94. The van der Waals surface area contributed by atoms with Crippen LogP contribution in [-0.2, 0) is 0 Å². The van der Waals surface area contributed by atoms with E-state index in [1.165, 1.54) is 55.2 Å². The summed E-state index contributed by atoms with van der Waals surface area (Å²) in [4.78, 5) is 7.52. The van der Waals surface area contributed by atoms with Gasteiger partial charge in [-0.2, -0.15) is 0 Å². The number of imidazole rings is 1. The third-order valence-corrected chi connectivity index (χ3v) is 9.99. The Labute approximate surface area is 273 Å². The molecule has 4 heteroatoms. The summed E-state index contributed by atoms with van der Waals surface area (Å²) in [7, 11) is 0. The molecule has 0 saturated carbocycles. The van der Waals surface area contributed by atoms with E-state index < -0.39 is 0 Å². The van der Waals surface area contributed by atoms with E-state index in [0.717, 1.165) is 53.8 Å². The van der Waals surface area contributed by atoms with Crippen molar-refractivity contribution < 1.29 is 0 Å². The van der Waals surface area contributed by atoms with Crippen LogP contribution in [0.1, 0.15) is 31.2 Å². The highest BCUT2D eigenvalue weighted by Crippen LogP contribution is 2.45. The first-order chi connectivity index (χ1) is 23.3. The lowest BCUT2D eigenvalue weighted by Gasteiger charge is -2.30. The fourth-order valence-electron chi connectivity index (χ4n) is 7.89. The first-order valence-corrected chi connectivity index (χ1v) is 16.6. The van der Waals surface area contributed by atoms with E-state index in [2.05, 4.69) is 160 Å².